The van der Waals surface area contributed by atoms with Crippen LogP contribution in [0.1, 0.15) is 93.5 Å². The van der Waals surface area contributed by atoms with Crippen molar-refractivity contribution in [2.75, 3.05) is 0 Å². The Morgan fingerprint density at radius 1 is 0.607 bits per heavy atom. The first-order valence-electron chi connectivity index (χ1n) is 19.7. The molecule has 3 N–H and O–H groups in total. The van der Waals surface area contributed by atoms with Crippen LogP contribution in [0.5, 0.6) is 0 Å². The van der Waals surface area contributed by atoms with E-state index >= 15 is 8.78 Å². The second-order valence-electron chi connectivity index (χ2n) is 14.9. The zero-order chi connectivity index (χ0) is 39.9. The number of thiol groups is 1. The summed E-state index contributed by atoms with van der Waals surface area (Å²) in [6, 6.07) is 18.6. The van der Waals surface area contributed by atoms with E-state index in [1.54, 1.807) is 30.4 Å². The maximum Gasteiger partial charge on any atom is 0.132 e. The summed E-state index contributed by atoms with van der Waals surface area (Å²) in [6.45, 7) is 8.85. The fraction of sp³-hybridized carbons (Fsp3) is 0.319. The van der Waals surface area contributed by atoms with Crippen molar-refractivity contribution >= 4 is 69.5 Å². The van der Waals surface area contributed by atoms with Gasteiger partial charge in [-0.15, -0.1) is 22.7 Å². The summed E-state index contributed by atoms with van der Waals surface area (Å²) in [6.07, 6.45) is 16.9. The van der Waals surface area contributed by atoms with Crippen molar-refractivity contribution in [3.63, 3.8) is 0 Å². The largest absolute Gasteiger partial charge is 0.298 e. The maximum absolute atomic E-state index is 15.4. The molecule has 0 bridgehead atoms. The monoisotopic (exact) mass is 804 g/mol. The molecule has 4 aromatic rings. The smallest absolute Gasteiger partial charge is 0.132 e. The van der Waals surface area contributed by atoms with E-state index in [0.29, 0.717) is 51.0 Å². The maximum atomic E-state index is 15.4. The highest BCUT2D eigenvalue weighted by molar-refractivity contribution is 7.79. The van der Waals surface area contributed by atoms with E-state index in [9.17, 15) is 0 Å². The van der Waals surface area contributed by atoms with Gasteiger partial charge in [-0.1, -0.05) is 108 Å². The molecule has 0 aliphatic heterocycles. The van der Waals surface area contributed by atoms with Gasteiger partial charge in [0, 0.05) is 52.9 Å². The number of nitrogens with one attached hydrogen (secondary N) is 3. The lowest BCUT2D eigenvalue weighted by molar-refractivity contribution is 0.421. The van der Waals surface area contributed by atoms with Gasteiger partial charge in [0.15, 0.2) is 0 Å². The number of nitrogens with zero attached hydrogens (tertiary/aromatic N) is 1. The lowest BCUT2D eigenvalue weighted by Gasteiger charge is -2.22. The summed E-state index contributed by atoms with van der Waals surface area (Å²) in [5.41, 5.74) is 5.71. The number of halogens is 2. The summed E-state index contributed by atoms with van der Waals surface area (Å²) >= 11 is 7.06. The molecule has 0 spiro atoms. The number of thiophene rings is 2. The molecule has 0 saturated carbocycles. The van der Waals surface area contributed by atoms with E-state index in [0.717, 1.165) is 69.2 Å². The van der Waals surface area contributed by atoms with Crippen molar-refractivity contribution in [1.82, 2.24) is 0 Å². The van der Waals surface area contributed by atoms with Crippen LogP contribution in [-0.2, 0) is 12.8 Å². The van der Waals surface area contributed by atoms with Gasteiger partial charge in [-0.3, -0.25) is 16.2 Å². The highest BCUT2D eigenvalue weighted by Crippen LogP contribution is 2.39. The average molecular weight is 805 g/mol. The number of benzene rings is 2. The van der Waals surface area contributed by atoms with Crippen molar-refractivity contribution in [2.24, 2.45) is 16.2 Å². The highest BCUT2D eigenvalue weighted by atomic mass is 32.1. The second kappa shape index (κ2) is 18.8. The molecule has 290 valence electrons. The predicted molar refractivity (Wildman–Crippen MR) is 241 cm³/mol. The molecule has 0 amide bonds. The summed E-state index contributed by atoms with van der Waals surface area (Å²) in [5.74, 6) is 0.777. The molecule has 2 aliphatic rings. The molecule has 0 radical (unpaired) electrons. The van der Waals surface area contributed by atoms with Gasteiger partial charge >= 0.3 is 0 Å². The van der Waals surface area contributed by atoms with Crippen molar-refractivity contribution in [3.8, 4) is 20.9 Å². The Morgan fingerprint density at radius 3 is 1.64 bits per heavy atom. The van der Waals surface area contributed by atoms with Gasteiger partial charge in [0.1, 0.15) is 17.3 Å². The summed E-state index contributed by atoms with van der Waals surface area (Å²) in [4.78, 5) is 3.15. The zero-order valence-electron chi connectivity index (χ0n) is 32.6. The molecule has 2 heterocycles. The van der Waals surface area contributed by atoms with Gasteiger partial charge in [-0.2, -0.15) is 0 Å². The molecule has 56 heavy (non-hydrogen) atoms. The fourth-order valence-electron chi connectivity index (χ4n) is 7.27. The number of unbranched alkanes of at least 4 members (excludes halogenated alkanes) is 1. The van der Waals surface area contributed by atoms with Crippen LogP contribution >= 0.6 is 35.5 Å². The topological polar surface area (TPSA) is 83.9 Å². The Balaban J connectivity index is 1.19. The quantitative estimate of drug-likeness (QED) is 0.0642. The van der Waals surface area contributed by atoms with E-state index < -0.39 is 0 Å². The van der Waals surface area contributed by atoms with Gasteiger partial charge in [0.2, 0.25) is 0 Å². The van der Waals surface area contributed by atoms with Crippen molar-refractivity contribution < 1.29 is 8.78 Å². The fourth-order valence-corrected chi connectivity index (χ4v) is 9.60. The van der Waals surface area contributed by atoms with Crippen molar-refractivity contribution in [2.45, 2.75) is 85.5 Å². The van der Waals surface area contributed by atoms with Crippen LogP contribution in [0, 0.1) is 39.7 Å². The van der Waals surface area contributed by atoms with Gasteiger partial charge in [-0.05, 0) is 97.9 Å². The molecular weight excluding hydrogens is 755 g/mol. The van der Waals surface area contributed by atoms with E-state index in [1.807, 2.05) is 54.6 Å². The van der Waals surface area contributed by atoms with E-state index in [2.05, 4.69) is 44.9 Å². The van der Waals surface area contributed by atoms with Crippen LogP contribution in [-0.4, -0.2) is 22.8 Å². The number of rotatable bonds is 16. The minimum absolute atomic E-state index is 0.00912. The molecular formula is C47H50F2N4S3. The zero-order valence-corrected chi connectivity index (χ0v) is 35.1. The molecule has 2 atom stereocenters. The van der Waals surface area contributed by atoms with Crippen LogP contribution in [0.2, 0.25) is 0 Å². The molecule has 2 aliphatic carbocycles. The first-order chi connectivity index (χ1) is 27.1. The Kier molecular flexibility index (Phi) is 13.8. The number of hydrogen-bond acceptors (Lipinski definition) is 7. The second-order valence-corrected chi connectivity index (χ2v) is 17.2. The van der Waals surface area contributed by atoms with Crippen LogP contribution in [0.15, 0.2) is 101 Å². The van der Waals surface area contributed by atoms with Crippen LogP contribution in [0.25, 0.3) is 32.0 Å². The molecule has 0 fully saturated rings. The predicted octanol–water partition coefficient (Wildman–Crippen LogP) is 14.2. The Bertz CT molecular complexity index is 2300. The number of aryl methyl sites for hydroxylation is 2. The Labute approximate surface area is 344 Å². The first-order valence-corrected chi connectivity index (χ1v) is 21.7. The molecule has 9 heteroatoms. The Hall–Kier alpha value is -4.31. The SMILES string of the molecule is CCCCC(CC)CCc1ccc(-c2ccc(C3=CC=C(C4=CC=C(c5ccc(-c6ccc(CCC(C)CC)cc6F)s5)C(=NS)C4=N)C(=N)C3=N)s2)c(F)c1. The molecule has 6 rings (SSSR count). The number of hydrogen-bond donors (Lipinski definition) is 4. The number of allylic oxidation sites excluding steroid dienone is 8. The summed E-state index contributed by atoms with van der Waals surface area (Å²) < 4.78 is 34.9. The molecule has 2 aromatic heterocycles. The molecule has 2 unspecified atom stereocenters. The van der Waals surface area contributed by atoms with E-state index in [4.69, 9.17) is 16.2 Å². The lowest BCUT2D eigenvalue weighted by atomic mass is 9.82. The van der Waals surface area contributed by atoms with Gasteiger partial charge < -0.3 is 0 Å². The first kappa shape index (κ1) is 41.3. The average Bonchev–Trinajstić information content (AvgIpc) is 3.89. The molecule has 2 aromatic carbocycles. The Morgan fingerprint density at radius 2 is 1.11 bits per heavy atom. The lowest BCUT2D eigenvalue weighted by Crippen LogP contribution is -2.27. The van der Waals surface area contributed by atoms with Gasteiger partial charge in [0.05, 0.1) is 17.1 Å². The molecule has 0 saturated heterocycles. The van der Waals surface area contributed by atoms with Crippen molar-refractivity contribution in [3.05, 3.63) is 129 Å². The third-order valence-corrected chi connectivity index (χ3v) is 13.6. The normalized spacial score (nSPS) is 16.5. The van der Waals surface area contributed by atoms with Crippen LogP contribution in [0.4, 0.5) is 8.78 Å². The minimum Gasteiger partial charge on any atom is -0.298 e. The highest BCUT2D eigenvalue weighted by Gasteiger charge is 2.30. The minimum atomic E-state index is -0.248. The van der Waals surface area contributed by atoms with Crippen LogP contribution < -0.4 is 0 Å². The summed E-state index contributed by atoms with van der Waals surface area (Å²) in [7, 11) is 0. The van der Waals surface area contributed by atoms with Crippen molar-refractivity contribution in [1.29, 1.82) is 16.2 Å². The molecule has 4 nitrogen and oxygen atoms in total. The van der Waals surface area contributed by atoms with Gasteiger partial charge in [0.25, 0.3) is 0 Å². The third-order valence-electron chi connectivity index (χ3n) is 11.1. The van der Waals surface area contributed by atoms with E-state index in [1.165, 1.54) is 41.9 Å². The third kappa shape index (κ3) is 9.11. The summed E-state index contributed by atoms with van der Waals surface area (Å²) in [5, 5.41) is 27.1. The van der Waals surface area contributed by atoms with Crippen LogP contribution in [0.3, 0.4) is 0 Å². The van der Waals surface area contributed by atoms with Gasteiger partial charge in [-0.25, -0.2) is 13.2 Å². The standard InChI is InChI=1S/C47H50F2N4S3/c1-5-8-9-29(7-3)12-13-31-15-17-34(39(49)27-31)40-22-24-42(55-40)36-20-18-32(44(50)45(36)51)33-19-21-37(47(53-54)46(33)52)43-25-23-41(56-43)35-16-14-30(26-38(35)48)11-10-28(4)6-2/h14-29,50-52,54H,5-13H2,1-4H3. The van der Waals surface area contributed by atoms with E-state index in [-0.39, 0.29) is 28.8 Å².